The zero-order chi connectivity index (χ0) is 23.3. The summed E-state index contributed by atoms with van der Waals surface area (Å²) in [5.41, 5.74) is 3.34. The Hall–Kier alpha value is -2.66. The molecule has 3 fully saturated rings. The van der Waals surface area contributed by atoms with E-state index in [1.807, 2.05) is 30.3 Å². The highest BCUT2D eigenvalue weighted by Crippen LogP contribution is 2.47. The van der Waals surface area contributed by atoms with Crippen molar-refractivity contribution in [3.05, 3.63) is 65.7 Å². The van der Waals surface area contributed by atoms with Gasteiger partial charge in [-0.3, -0.25) is 14.5 Å². The molecule has 0 bridgehead atoms. The first kappa shape index (κ1) is 23.1. The summed E-state index contributed by atoms with van der Waals surface area (Å²) in [6, 6.07) is 18.9. The van der Waals surface area contributed by atoms with Crippen LogP contribution in [0.4, 0.5) is 5.69 Å². The van der Waals surface area contributed by atoms with Gasteiger partial charge in [-0.1, -0.05) is 61.7 Å². The number of piperidine rings is 1. The van der Waals surface area contributed by atoms with Gasteiger partial charge in [0.25, 0.3) is 0 Å². The topological polar surface area (TPSA) is 61.4 Å². The second-order valence-corrected chi connectivity index (χ2v) is 10.4. The molecule has 3 aliphatic rings. The molecule has 5 rings (SSSR count). The summed E-state index contributed by atoms with van der Waals surface area (Å²) in [6.45, 7) is 2.75. The zero-order valence-corrected chi connectivity index (χ0v) is 20.0. The van der Waals surface area contributed by atoms with Crippen molar-refractivity contribution in [2.24, 2.45) is 11.8 Å². The lowest BCUT2D eigenvalue weighted by molar-refractivity contribution is -0.127. The van der Waals surface area contributed by atoms with Crippen LogP contribution < -0.4 is 10.6 Å². The molecule has 1 saturated heterocycles. The van der Waals surface area contributed by atoms with Crippen molar-refractivity contribution in [2.45, 2.75) is 69.9 Å². The highest BCUT2D eigenvalue weighted by Gasteiger charge is 2.43. The number of carbonyl (C=O) groups is 2. The van der Waals surface area contributed by atoms with Crippen molar-refractivity contribution in [1.82, 2.24) is 10.2 Å². The third-order valence-corrected chi connectivity index (χ3v) is 7.87. The number of nitrogens with one attached hydrogen (secondary N) is 2. The first-order valence-electron chi connectivity index (χ1n) is 13.1. The molecule has 0 spiro atoms. The molecule has 2 amide bonds. The highest BCUT2D eigenvalue weighted by atomic mass is 16.2. The van der Waals surface area contributed by atoms with Crippen molar-refractivity contribution in [1.29, 1.82) is 0 Å². The molecular weight excluding hydrogens is 422 g/mol. The average Bonchev–Trinajstić information content (AvgIpc) is 3.67. The van der Waals surface area contributed by atoms with Gasteiger partial charge < -0.3 is 10.6 Å². The quantitative estimate of drug-likeness (QED) is 0.606. The summed E-state index contributed by atoms with van der Waals surface area (Å²) < 4.78 is 0. The molecule has 0 aromatic heterocycles. The maximum Gasteiger partial charge on any atom is 0.228 e. The lowest BCUT2D eigenvalue weighted by atomic mass is 9.92. The van der Waals surface area contributed by atoms with E-state index in [1.54, 1.807) is 0 Å². The van der Waals surface area contributed by atoms with E-state index in [9.17, 15) is 9.59 Å². The van der Waals surface area contributed by atoms with Crippen LogP contribution in [0.1, 0.15) is 68.4 Å². The van der Waals surface area contributed by atoms with Crippen LogP contribution in [0.5, 0.6) is 0 Å². The van der Waals surface area contributed by atoms with Crippen molar-refractivity contribution < 1.29 is 9.59 Å². The van der Waals surface area contributed by atoms with E-state index in [2.05, 4.69) is 39.8 Å². The summed E-state index contributed by atoms with van der Waals surface area (Å²) in [5.74, 6) is 0.965. The Labute approximate surface area is 203 Å². The van der Waals surface area contributed by atoms with Gasteiger partial charge in [0, 0.05) is 30.1 Å². The third-order valence-electron chi connectivity index (χ3n) is 7.87. The molecule has 0 radical (unpaired) electrons. The maximum absolute atomic E-state index is 12.7. The number of rotatable bonds is 7. The van der Waals surface area contributed by atoms with Gasteiger partial charge in [0.1, 0.15) is 0 Å². The summed E-state index contributed by atoms with van der Waals surface area (Å²) >= 11 is 0. The lowest BCUT2D eigenvalue weighted by Gasteiger charge is -2.32. The van der Waals surface area contributed by atoms with Crippen LogP contribution in [0.15, 0.2) is 54.6 Å². The molecule has 180 valence electrons. The number of amides is 2. The molecule has 2 aromatic rings. The molecule has 2 aromatic carbocycles. The van der Waals surface area contributed by atoms with Crippen molar-refractivity contribution in [3.63, 3.8) is 0 Å². The van der Waals surface area contributed by atoms with Crippen LogP contribution in [-0.4, -0.2) is 35.8 Å². The molecule has 2 aliphatic carbocycles. The highest BCUT2D eigenvalue weighted by molar-refractivity contribution is 5.95. The first-order valence-corrected chi connectivity index (χ1v) is 13.1. The molecule has 1 heterocycles. The number of carbonyl (C=O) groups excluding carboxylic acids is 2. The Morgan fingerprint density at radius 3 is 2.38 bits per heavy atom. The lowest BCUT2D eigenvalue weighted by Crippen LogP contribution is -2.44. The van der Waals surface area contributed by atoms with Gasteiger partial charge in [-0.15, -0.1) is 0 Å². The predicted molar refractivity (Wildman–Crippen MR) is 135 cm³/mol. The van der Waals surface area contributed by atoms with Crippen LogP contribution in [0.3, 0.4) is 0 Å². The predicted octanol–water partition coefficient (Wildman–Crippen LogP) is 5.09. The second-order valence-electron chi connectivity index (χ2n) is 10.4. The first-order chi connectivity index (χ1) is 16.7. The number of hydrogen-bond donors (Lipinski definition) is 2. The van der Waals surface area contributed by atoms with Gasteiger partial charge in [-0.2, -0.15) is 0 Å². The summed E-state index contributed by atoms with van der Waals surface area (Å²) in [4.78, 5) is 27.9. The van der Waals surface area contributed by atoms with E-state index in [1.165, 1.54) is 30.4 Å². The van der Waals surface area contributed by atoms with E-state index in [0.717, 1.165) is 57.4 Å². The molecular formula is C29H37N3O2. The second kappa shape index (κ2) is 10.7. The van der Waals surface area contributed by atoms with E-state index in [0.29, 0.717) is 12.0 Å². The van der Waals surface area contributed by atoms with Gasteiger partial charge in [0.2, 0.25) is 11.8 Å². The minimum absolute atomic E-state index is 0.0739. The van der Waals surface area contributed by atoms with E-state index in [4.69, 9.17) is 0 Å². The molecule has 2 N–H and O–H groups in total. The molecule has 2 saturated carbocycles. The van der Waals surface area contributed by atoms with E-state index < -0.39 is 0 Å². The van der Waals surface area contributed by atoms with Crippen LogP contribution in [-0.2, 0) is 16.1 Å². The summed E-state index contributed by atoms with van der Waals surface area (Å²) in [6.07, 6.45) is 8.88. The Morgan fingerprint density at radius 1 is 0.853 bits per heavy atom. The number of benzene rings is 2. The minimum atomic E-state index is 0.0739. The van der Waals surface area contributed by atoms with Gasteiger partial charge >= 0.3 is 0 Å². The Kier molecular flexibility index (Phi) is 7.29. The number of nitrogens with zero attached hydrogens (tertiary/aromatic N) is 1. The minimum Gasteiger partial charge on any atom is -0.353 e. The number of hydrogen-bond acceptors (Lipinski definition) is 3. The third kappa shape index (κ3) is 5.87. The largest absolute Gasteiger partial charge is 0.353 e. The van der Waals surface area contributed by atoms with Crippen LogP contribution in [0, 0.1) is 11.8 Å². The van der Waals surface area contributed by atoms with Gasteiger partial charge in [0.15, 0.2) is 0 Å². The van der Waals surface area contributed by atoms with Gasteiger partial charge in [0.05, 0.1) is 0 Å². The Morgan fingerprint density at radius 2 is 1.62 bits per heavy atom. The molecule has 2 unspecified atom stereocenters. The van der Waals surface area contributed by atoms with Crippen LogP contribution in [0.25, 0.3) is 0 Å². The molecule has 2 atom stereocenters. The van der Waals surface area contributed by atoms with Crippen molar-refractivity contribution >= 4 is 17.5 Å². The Balaban J connectivity index is 1.08. The fourth-order valence-electron chi connectivity index (χ4n) is 5.71. The Bertz CT molecular complexity index is 978. The fraction of sp³-hybridized carbons (Fsp3) is 0.517. The summed E-state index contributed by atoms with van der Waals surface area (Å²) in [5, 5.41) is 6.44. The standard InChI is InChI=1S/C29H37N3O2/c33-28(30-24-11-5-2-6-12-24)23-14-16-32(17-15-23)20-21-8-7-13-25(18-21)31-29(34)27-19-26(27)22-9-3-1-4-10-22/h1,3-4,7-10,13,18,23-24,26-27H,2,5-6,11-12,14-17,19-20H2,(H,30,33)(H,31,34). The van der Waals surface area contributed by atoms with Gasteiger partial charge in [-0.25, -0.2) is 0 Å². The molecule has 5 heteroatoms. The van der Waals surface area contributed by atoms with Gasteiger partial charge in [-0.05, 0) is 74.4 Å². The molecule has 34 heavy (non-hydrogen) atoms. The van der Waals surface area contributed by atoms with Crippen molar-refractivity contribution in [2.75, 3.05) is 18.4 Å². The SMILES string of the molecule is O=C(NC1CCCCC1)C1CCN(Cc2cccc(NC(=O)C3CC3c3ccccc3)c2)CC1. The van der Waals surface area contributed by atoms with Crippen LogP contribution in [0.2, 0.25) is 0 Å². The van der Waals surface area contributed by atoms with Crippen LogP contribution >= 0.6 is 0 Å². The maximum atomic E-state index is 12.7. The molecule has 1 aliphatic heterocycles. The van der Waals surface area contributed by atoms with E-state index in [-0.39, 0.29) is 23.7 Å². The number of anilines is 1. The van der Waals surface area contributed by atoms with Crippen molar-refractivity contribution in [3.8, 4) is 0 Å². The normalized spacial score (nSPS) is 23.9. The zero-order valence-electron chi connectivity index (χ0n) is 20.0. The number of likely N-dealkylation sites (tertiary alicyclic amines) is 1. The average molecular weight is 460 g/mol. The molecule has 5 nitrogen and oxygen atoms in total. The summed E-state index contributed by atoms with van der Waals surface area (Å²) in [7, 11) is 0. The van der Waals surface area contributed by atoms with E-state index >= 15 is 0 Å². The smallest absolute Gasteiger partial charge is 0.228 e. The fourth-order valence-corrected chi connectivity index (χ4v) is 5.71. The monoisotopic (exact) mass is 459 g/mol.